The van der Waals surface area contributed by atoms with Gasteiger partial charge in [-0.15, -0.1) is 0 Å². The summed E-state index contributed by atoms with van der Waals surface area (Å²) in [5.74, 6) is -0.450. The average molecular weight is 314 g/mol. The second-order valence-corrected chi connectivity index (χ2v) is 5.12. The van der Waals surface area contributed by atoms with Gasteiger partial charge in [-0.3, -0.25) is 4.79 Å². The van der Waals surface area contributed by atoms with Crippen LogP contribution in [-0.2, 0) is 0 Å². The number of phenolic OH excluding ortho intramolecular Hbond substituents is 3. The maximum absolute atomic E-state index is 12.5. The number of phenols is 3. The third-order valence-corrected chi connectivity index (χ3v) is 3.64. The number of hydrogen-bond donors (Lipinski definition) is 3. The number of allylic oxidation sites excluding steroid dienone is 1. The number of Topliss-reactive ketones (excluding diaryl/α,β-unsaturated/α-hetero) is 1. The standard InChI is InChI=1S/C17H14O6/c1-8-11(19)7-13-15(17(8)22-2)16(21)14(23-13)6-9-3-4-10(18)12(20)5-9/h3-7,18-20H,1-2H3/b14-6-. The Hall–Kier alpha value is -3.15. The van der Waals surface area contributed by atoms with Crippen LogP contribution in [0.15, 0.2) is 30.0 Å². The Morgan fingerprint density at radius 1 is 1.09 bits per heavy atom. The predicted molar refractivity (Wildman–Crippen MR) is 82.1 cm³/mol. The van der Waals surface area contributed by atoms with E-state index >= 15 is 0 Å². The number of rotatable bonds is 2. The van der Waals surface area contributed by atoms with Gasteiger partial charge in [0.2, 0.25) is 5.78 Å². The van der Waals surface area contributed by atoms with Crippen LogP contribution in [-0.4, -0.2) is 28.2 Å². The quantitative estimate of drug-likeness (QED) is 0.582. The van der Waals surface area contributed by atoms with E-state index in [1.54, 1.807) is 6.92 Å². The lowest BCUT2D eigenvalue weighted by Gasteiger charge is -2.09. The highest BCUT2D eigenvalue weighted by Crippen LogP contribution is 2.44. The molecule has 0 aliphatic carbocycles. The minimum absolute atomic E-state index is 0.0306. The second-order valence-electron chi connectivity index (χ2n) is 5.12. The Morgan fingerprint density at radius 3 is 2.48 bits per heavy atom. The Bertz CT molecular complexity index is 851. The van der Waals surface area contributed by atoms with Crippen molar-refractivity contribution in [2.24, 2.45) is 0 Å². The first-order chi connectivity index (χ1) is 10.9. The van der Waals surface area contributed by atoms with Gasteiger partial charge in [-0.1, -0.05) is 6.07 Å². The second kappa shape index (κ2) is 5.24. The Morgan fingerprint density at radius 2 is 1.83 bits per heavy atom. The van der Waals surface area contributed by atoms with E-state index < -0.39 is 0 Å². The molecule has 6 nitrogen and oxygen atoms in total. The molecule has 0 saturated carbocycles. The topological polar surface area (TPSA) is 96.2 Å². The Balaban J connectivity index is 2.07. The first-order valence-corrected chi connectivity index (χ1v) is 6.79. The molecule has 3 N–H and O–H groups in total. The fourth-order valence-corrected chi connectivity index (χ4v) is 2.44. The monoisotopic (exact) mass is 314 g/mol. The molecule has 0 spiro atoms. The first kappa shape index (κ1) is 14.8. The van der Waals surface area contributed by atoms with Crippen LogP contribution in [0, 0.1) is 6.92 Å². The highest BCUT2D eigenvalue weighted by atomic mass is 16.5. The molecule has 0 saturated heterocycles. The number of fused-ring (bicyclic) bond motifs is 1. The minimum Gasteiger partial charge on any atom is -0.507 e. The maximum atomic E-state index is 12.5. The Kier molecular flexibility index (Phi) is 3.37. The molecule has 0 radical (unpaired) electrons. The normalized spacial score (nSPS) is 14.7. The van der Waals surface area contributed by atoms with Gasteiger partial charge < -0.3 is 24.8 Å². The predicted octanol–water partition coefficient (Wildman–Crippen LogP) is 2.74. The van der Waals surface area contributed by atoms with Crippen molar-refractivity contribution in [2.45, 2.75) is 6.92 Å². The summed E-state index contributed by atoms with van der Waals surface area (Å²) in [5, 5.41) is 28.7. The molecule has 1 aliphatic rings. The number of carbonyl (C=O) groups is 1. The molecule has 0 atom stereocenters. The van der Waals surface area contributed by atoms with Gasteiger partial charge in [-0.25, -0.2) is 0 Å². The zero-order valence-corrected chi connectivity index (χ0v) is 12.5. The van der Waals surface area contributed by atoms with Crippen molar-refractivity contribution in [1.29, 1.82) is 0 Å². The summed E-state index contributed by atoms with van der Waals surface area (Å²) >= 11 is 0. The zero-order valence-electron chi connectivity index (χ0n) is 12.5. The third-order valence-electron chi connectivity index (χ3n) is 3.64. The van der Waals surface area contributed by atoms with E-state index in [9.17, 15) is 20.1 Å². The highest BCUT2D eigenvalue weighted by Gasteiger charge is 2.33. The minimum atomic E-state index is -0.382. The summed E-state index contributed by atoms with van der Waals surface area (Å²) in [6.45, 7) is 1.64. The van der Waals surface area contributed by atoms with E-state index in [-0.39, 0.29) is 45.9 Å². The maximum Gasteiger partial charge on any atom is 0.235 e. The summed E-state index contributed by atoms with van der Waals surface area (Å²) < 4.78 is 10.7. The van der Waals surface area contributed by atoms with Crippen LogP contribution in [0.2, 0.25) is 0 Å². The largest absolute Gasteiger partial charge is 0.507 e. The molecule has 0 bridgehead atoms. The molecule has 3 rings (SSSR count). The van der Waals surface area contributed by atoms with Crippen LogP contribution in [0.25, 0.3) is 6.08 Å². The fraction of sp³-hybridized carbons (Fsp3) is 0.118. The van der Waals surface area contributed by atoms with Crippen LogP contribution in [0.1, 0.15) is 21.5 Å². The van der Waals surface area contributed by atoms with Crippen molar-refractivity contribution in [2.75, 3.05) is 7.11 Å². The molecule has 0 amide bonds. The van der Waals surface area contributed by atoms with Crippen LogP contribution in [0.5, 0.6) is 28.7 Å². The molecule has 118 valence electrons. The molecule has 2 aromatic carbocycles. The highest BCUT2D eigenvalue weighted by molar-refractivity contribution is 6.16. The number of ether oxygens (including phenoxy) is 2. The van der Waals surface area contributed by atoms with Crippen molar-refractivity contribution in [3.05, 3.63) is 46.7 Å². The lowest BCUT2D eigenvalue weighted by atomic mass is 10.0. The molecule has 2 aromatic rings. The van der Waals surface area contributed by atoms with Crippen molar-refractivity contribution in [3.8, 4) is 28.7 Å². The molecule has 6 heteroatoms. The molecular weight excluding hydrogens is 300 g/mol. The average Bonchev–Trinajstić information content (AvgIpc) is 2.81. The molecular formula is C17H14O6. The summed E-state index contributed by atoms with van der Waals surface area (Å²) in [7, 11) is 1.41. The number of carbonyl (C=O) groups excluding carboxylic acids is 1. The van der Waals surface area contributed by atoms with E-state index in [2.05, 4.69) is 0 Å². The molecule has 1 aliphatic heterocycles. The summed E-state index contributed by atoms with van der Waals surface area (Å²) in [4.78, 5) is 12.5. The van der Waals surface area contributed by atoms with Gasteiger partial charge in [0.25, 0.3) is 0 Å². The Labute approximate surface area is 131 Å². The van der Waals surface area contributed by atoms with Crippen LogP contribution in [0.3, 0.4) is 0 Å². The summed E-state index contributed by atoms with van der Waals surface area (Å²) in [6, 6.07) is 5.51. The van der Waals surface area contributed by atoms with Gasteiger partial charge in [0, 0.05) is 11.6 Å². The van der Waals surface area contributed by atoms with Crippen LogP contribution >= 0.6 is 0 Å². The molecule has 23 heavy (non-hydrogen) atoms. The molecule has 0 unspecified atom stereocenters. The van der Waals surface area contributed by atoms with Crippen LogP contribution in [0.4, 0.5) is 0 Å². The SMILES string of the molecule is COc1c(C)c(O)cc2c1C(=O)/C(=C/c1ccc(O)c(O)c1)O2. The first-order valence-electron chi connectivity index (χ1n) is 6.79. The van der Waals surface area contributed by atoms with Gasteiger partial charge >= 0.3 is 0 Å². The number of methoxy groups -OCH3 is 1. The number of hydrogen-bond acceptors (Lipinski definition) is 6. The number of benzene rings is 2. The third kappa shape index (κ3) is 2.34. The van der Waals surface area contributed by atoms with Gasteiger partial charge in [0.1, 0.15) is 22.8 Å². The van der Waals surface area contributed by atoms with E-state index in [4.69, 9.17) is 9.47 Å². The number of ketones is 1. The summed E-state index contributed by atoms with van der Waals surface area (Å²) in [6.07, 6.45) is 1.44. The van der Waals surface area contributed by atoms with E-state index in [1.807, 2.05) is 0 Å². The fourth-order valence-electron chi connectivity index (χ4n) is 2.44. The van der Waals surface area contributed by atoms with Crippen LogP contribution < -0.4 is 9.47 Å². The van der Waals surface area contributed by atoms with Crippen molar-refractivity contribution < 1.29 is 29.6 Å². The van der Waals surface area contributed by atoms with Gasteiger partial charge in [0.05, 0.1) is 7.11 Å². The molecule has 0 aromatic heterocycles. The number of aromatic hydroxyl groups is 3. The summed E-state index contributed by atoms with van der Waals surface area (Å²) in [5.41, 5.74) is 1.18. The van der Waals surface area contributed by atoms with Gasteiger partial charge in [-0.05, 0) is 30.7 Å². The van der Waals surface area contributed by atoms with Gasteiger partial charge in [0.15, 0.2) is 17.3 Å². The molecule has 1 heterocycles. The van der Waals surface area contributed by atoms with Crippen molar-refractivity contribution >= 4 is 11.9 Å². The van der Waals surface area contributed by atoms with Crippen molar-refractivity contribution in [1.82, 2.24) is 0 Å². The lowest BCUT2D eigenvalue weighted by Crippen LogP contribution is -2.01. The van der Waals surface area contributed by atoms with E-state index in [0.29, 0.717) is 11.1 Å². The van der Waals surface area contributed by atoms with Crippen molar-refractivity contribution in [3.63, 3.8) is 0 Å². The smallest absolute Gasteiger partial charge is 0.235 e. The molecule has 0 fully saturated rings. The lowest BCUT2D eigenvalue weighted by molar-refractivity contribution is 0.101. The zero-order chi connectivity index (χ0) is 16.7. The van der Waals surface area contributed by atoms with Gasteiger partial charge in [-0.2, -0.15) is 0 Å². The van der Waals surface area contributed by atoms with E-state index in [1.165, 1.54) is 37.5 Å². The van der Waals surface area contributed by atoms with E-state index in [0.717, 1.165) is 0 Å².